The molecule has 0 fully saturated rings. The lowest BCUT2D eigenvalue weighted by Gasteiger charge is -2.21. The molecule has 0 aromatic heterocycles. The number of para-hydroxylation sites is 1. The molecule has 22 heavy (non-hydrogen) atoms. The molecule has 0 spiro atoms. The summed E-state index contributed by atoms with van der Waals surface area (Å²) in [5.41, 5.74) is 0.936. The van der Waals surface area contributed by atoms with Crippen molar-refractivity contribution in [1.82, 2.24) is 4.90 Å². The molecule has 0 saturated carbocycles. The molecule has 0 unspecified atom stereocenters. The smallest absolute Gasteiger partial charge is 0.226 e. The Labute approximate surface area is 131 Å². The van der Waals surface area contributed by atoms with Crippen molar-refractivity contribution < 1.29 is 9.59 Å². The molecule has 0 aliphatic carbocycles. The summed E-state index contributed by atoms with van der Waals surface area (Å²) in [6, 6.07) is 8.90. The van der Waals surface area contributed by atoms with Gasteiger partial charge in [-0.1, -0.05) is 26.0 Å². The van der Waals surface area contributed by atoms with Crippen molar-refractivity contribution in [1.29, 1.82) is 5.26 Å². The number of nitrogens with one attached hydrogen (secondary N) is 1. The van der Waals surface area contributed by atoms with E-state index >= 15 is 0 Å². The maximum Gasteiger partial charge on any atom is 0.226 e. The molecule has 5 nitrogen and oxygen atoms in total. The average Bonchev–Trinajstić information content (AvgIpc) is 2.47. The molecular weight excluding hydrogens is 278 g/mol. The zero-order valence-electron chi connectivity index (χ0n) is 13.4. The van der Waals surface area contributed by atoms with Crippen LogP contribution in [0.1, 0.15) is 39.2 Å². The van der Waals surface area contributed by atoms with Crippen LogP contribution < -0.4 is 5.32 Å². The van der Waals surface area contributed by atoms with E-state index in [0.717, 1.165) is 6.42 Å². The third-order valence-electron chi connectivity index (χ3n) is 3.35. The molecule has 1 aromatic carbocycles. The quantitative estimate of drug-likeness (QED) is 0.841. The number of amides is 2. The van der Waals surface area contributed by atoms with Crippen LogP contribution in [0.3, 0.4) is 0 Å². The molecule has 0 bridgehead atoms. The van der Waals surface area contributed by atoms with Gasteiger partial charge < -0.3 is 10.2 Å². The first-order chi connectivity index (χ1) is 10.4. The van der Waals surface area contributed by atoms with Crippen molar-refractivity contribution in [3.8, 4) is 6.07 Å². The highest BCUT2D eigenvalue weighted by Crippen LogP contribution is 2.13. The number of hydrogen-bond acceptors (Lipinski definition) is 3. The second kappa shape index (κ2) is 8.83. The van der Waals surface area contributed by atoms with E-state index in [-0.39, 0.29) is 18.2 Å². The largest absolute Gasteiger partial charge is 0.342 e. The molecule has 2 amide bonds. The van der Waals surface area contributed by atoms with E-state index < -0.39 is 0 Å². The summed E-state index contributed by atoms with van der Waals surface area (Å²) < 4.78 is 0. The molecule has 5 heteroatoms. The molecule has 1 aromatic rings. The number of nitriles is 1. The number of anilines is 1. The zero-order chi connectivity index (χ0) is 16.5. The van der Waals surface area contributed by atoms with Gasteiger partial charge in [0.1, 0.15) is 6.07 Å². The number of rotatable bonds is 7. The lowest BCUT2D eigenvalue weighted by molar-refractivity contribution is -0.129. The Balaban J connectivity index is 2.53. The topological polar surface area (TPSA) is 73.2 Å². The summed E-state index contributed by atoms with van der Waals surface area (Å²) in [6.45, 7) is 6.77. The van der Waals surface area contributed by atoms with E-state index in [0.29, 0.717) is 30.3 Å². The van der Waals surface area contributed by atoms with Crippen molar-refractivity contribution in [2.45, 2.75) is 33.6 Å². The first kappa shape index (κ1) is 17.7. The van der Waals surface area contributed by atoms with Gasteiger partial charge in [-0.15, -0.1) is 0 Å². The third kappa shape index (κ3) is 5.96. The lowest BCUT2D eigenvalue weighted by atomic mass is 10.1. The van der Waals surface area contributed by atoms with E-state index in [1.165, 1.54) is 6.92 Å². The summed E-state index contributed by atoms with van der Waals surface area (Å²) in [4.78, 5) is 25.3. The monoisotopic (exact) mass is 301 g/mol. The zero-order valence-corrected chi connectivity index (χ0v) is 13.4. The molecule has 0 heterocycles. The van der Waals surface area contributed by atoms with Gasteiger partial charge in [0, 0.05) is 26.4 Å². The standard InChI is InChI=1S/C17H23N3O2/c1-13(2)8-10-20(14(3)21)11-9-17(22)19-16-7-5-4-6-15(16)12-18/h4-7,13H,8-11H2,1-3H3,(H,19,22). The summed E-state index contributed by atoms with van der Waals surface area (Å²) in [6.07, 6.45) is 1.13. The van der Waals surface area contributed by atoms with Crippen LogP contribution in [0, 0.1) is 17.2 Å². The van der Waals surface area contributed by atoms with Crippen molar-refractivity contribution in [2.24, 2.45) is 5.92 Å². The molecule has 0 saturated heterocycles. The molecule has 118 valence electrons. The Morgan fingerprint density at radius 3 is 2.55 bits per heavy atom. The Morgan fingerprint density at radius 1 is 1.27 bits per heavy atom. The number of carbonyl (C=O) groups is 2. The van der Waals surface area contributed by atoms with E-state index in [4.69, 9.17) is 5.26 Å². The Bertz CT molecular complexity index is 561. The van der Waals surface area contributed by atoms with Gasteiger partial charge in [0.2, 0.25) is 11.8 Å². The molecule has 0 atom stereocenters. The van der Waals surface area contributed by atoms with Crippen LogP contribution in [-0.4, -0.2) is 29.8 Å². The summed E-state index contributed by atoms with van der Waals surface area (Å²) in [7, 11) is 0. The fourth-order valence-electron chi connectivity index (χ4n) is 1.98. The van der Waals surface area contributed by atoms with Crippen LogP contribution in [-0.2, 0) is 9.59 Å². The molecule has 1 N–H and O–H groups in total. The Hall–Kier alpha value is -2.35. The maximum absolute atomic E-state index is 12.0. The van der Waals surface area contributed by atoms with Crippen LogP contribution >= 0.6 is 0 Å². The lowest BCUT2D eigenvalue weighted by Crippen LogP contribution is -2.33. The highest BCUT2D eigenvalue weighted by molar-refractivity contribution is 5.92. The van der Waals surface area contributed by atoms with Gasteiger partial charge in [0.15, 0.2) is 0 Å². The Kier molecular flexibility index (Phi) is 7.11. The molecule has 0 radical (unpaired) electrons. The van der Waals surface area contributed by atoms with Crippen molar-refractivity contribution in [3.63, 3.8) is 0 Å². The fraction of sp³-hybridized carbons (Fsp3) is 0.471. The second-order valence-corrected chi connectivity index (χ2v) is 5.64. The van der Waals surface area contributed by atoms with Crippen LogP contribution in [0.2, 0.25) is 0 Å². The van der Waals surface area contributed by atoms with Gasteiger partial charge in [-0.25, -0.2) is 0 Å². The van der Waals surface area contributed by atoms with E-state index in [1.54, 1.807) is 29.2 Å². The normalized spacial score (nSPS) is 10.1. The maximum atomic E-state index is 12.0. The summed E-state index contributed by atoms with van der Waals surface area (Å²) in [5, 5.41) is 11.7. The van der Waals surface area contributed by atoms with E-state index in [9.17, 15) is 9.59 Å². The summed E-state index contributed by atoms with van der Waals surface area (Å²) >= 11 is 0. The minimum atomic E-state index is -0.196. The average molecular weight is 301 g/mol. The van der Waals surface area contributed by atoms with Crippen LogP contribution in [0.4, 0.5) is 5.69 Å². The predicted octanol–water partition coefficient (Wildman–Crippen LogP) is 2.78. The Morgan fingerprint density at radius 2 is 1.95 bits per heavy atom. The second-order valence-electron chi connectivity index (χ2n) is 5.64. The van der Waals surface area contributed by atoms with Crippen LogP contribution in [0.5, 0.6) is 0 Å². The predicted molar refractivity (Wildman–Crippen MR) is 86.1 cm³/mol. The highest BCUT2D eigenvalue weighted by Gasteiger charge is 2.12. The minimum absolute atomic E-state index is 0.0223. The van der Waals surface area contributed by atoms with Crippen molar-refractivity contribution in [3.05, 3.63) is 29.8 Å². The highest BCUT2D eigenvalue weighted by atomic mass is 16.2. The third-order valence-corrected chi connectivity index (χ3v) is 3.35. The fourth-order valence-corrected chi connectivity index (χ4v) is 1.98. The van der Waals surface area contributed by atoms with Crippen molar-refractivity contribution >= 4 is 17.5 Å². The van der Waals surface area contributed by atoms with Gasteiger partial charge in [-0.2, -0.15) is 5.26 Å². The van der Waals surface area contributed by atoms with Gasteiger partial charge in [0.25, 0.3) is 0 Å². The number of hydrogen-bond donors (Lipinski definition) is 1. The molecule has 0 aliphatic rings. The number of carbonyl (C=O) groups excluding carboxylic acids is 2. The SMILES string of the molecule is CC(=O)N(CCC(=O)Nc1ccccc1C#N)CCC(C)C. The van der Waals surface area contributed by atoms with Gasteiger partial charge in [-0.3, -0.25) is 9.59 Å². The summed E-state index contributed by atoms with van der Waals surface area (Å²) in [5.74, 6) is 0.294. The van der Waals surface area contributed by atoms with E-state index in [1.807, 2.05) is 6.07 Å². The van der Waals surface area contributed by atoms with Gasteiger partial charge in [0.05, 0.1) is 11.3 Å². The van der Waals surface area contributed by atoms with E-state index in [2.05, 4.69) is 19.2 Å². The van der Waals surface area contributed by atoms with Crippen LogP contribution in [0.25, 0.3) is 0 Å². The van der Waals surface area contributed by atoms with Gasteiger partial charge >= 0.3 is 0 Å². The minimum Gasteiger partial charge on any atom is -0.342 e. The molecule has 0 aliphatic heterocycles. The first-order valence-electron chi connectivity index (χ1n) is 7.48. The van der Waals surface area contributed by atoms with Crippen LogP contribution in [0.15, 0.2) is 24.3 Å². The van der Waals surface area contributed by atoms with Gasteiger partial charge in [-0.05, 0) is 24.5 Å². The number of nitrogens with zero attached hydrogens (tertiary/aromatic N) is 2. The van der Waals surface area contributed by atoms with Crippen molar-refractivity contribution in [2.75, 3.05) is 18.4 Å². The first-order valence-corrected chi connectivity index (χ1v) is 7.48. The molecule has 1 rings (SSSR count). The molecular formula is C17H23N3O2. The number of benzene rings is 1.